The van der Waals surface area contributed by atoms with Crippen molar-refractivity contribution < 1.29 is 24.6 Å². The Hall–Kier alpha value is -2.37. The lowest BCUT2D eigenvalue weighted by Crippen LogP contribution is -2.58. The topological polar surface area (TPSA) is 162 Å². The van der Waals surface area contributed by atoms with E-state index in [1.807, 2.05) is 0 Å². The van der Waals surface area contributed by atoms with Crippen LogP contribution >= 0.6 is 11.8 Å². The van der Waals surface area contributed by atoms with Gasteiger partial charge in [-0.25, -0.2) is 9.78 Å². The van der Waals surface area contributed by atoms with Gasteiger partial charge in [-0.15, -0.1) is 0 Å². The smallest absolute Gasteiger partial charge is 0.353 e. The van der Waals surface area contributed by atoms with Crippen LogP contribution in [0.1, 0.15) is 5.69 Å². The summed E-state index contributed by atoms with van der Waals surface area (Å²) in [5, 5.41) is 20.7. The number of hydrogen-bond acceptors (Lipinski definition) is 7. The van der Waals surface area contributed by atoms with Gasteiger partial charge in [0.05, 0.1) is 31.4 Å². The number of carboxylic acids is 1. The van der Waals surface area contributed by atoms with Crippen molar-refractivity contribution in [2.75, 3.05) is 13.2 Å². The highest BCUT2D eigenvalue weighted by Crippen LogP contribution is 2.48. The summed E-state index contributed by atoms with van der Waals surface area (Å²) in [5.74, 6) is -2.72. The van der Waals surface area contributed by atoms with Crippen LogP contribution in [0.15, 0.2) is 23.1 Å². The van der Waals surface area contributed by atoms with Crippen molar-refractivity contribution >= 4 is 29.5 Å². The van der Waals surface area contributed by atoms with Gasteiger partial charge in [-0.2, -0.15) is 0 Å². The zero-order chi connectivity index (χ0) is 18.1. The van der Waals surface area contributed by atoms with Crippen LogP contribution in [0.25, 0.3) is 0 Å². The van der Waals surface area contributed by atoms with E-state index in [1.54, 1.807) is 6.20 Å². The number of rotatable bonds is 7. The molecule has 6 N–H and O–H groups in total. The zero-order valence-corrected chi connectivity index (χ0v) is 13.8. The average molecular weight is 367 g/mol. The molecule has 11 heteroatoms. The number of β-lactam (4-membered cyclic amide) rings is 1. The van der Waals surface area contributed by atoms with Crippen LogP contribution < -0.4 is 11.1 Å². The third-order valence-electron chi connectivity index (χ3n) is 4.08. The van der Waals surface area contributed by atoms with E-state index < -0.39 is 35.1 Å². The van der Waals surface area contributed by atoms with Gasteiger partial charge in [0.1, 0.15) is 11.1 Å². The fourth-order valence-electron chi connectivity index (χ4n) is 2.77. The Morgan fingerprint density at radius 2 is 2.28 bits per heavy atom. The normalized spacial score (nSPS) is 23.3. The number of aliphatic carboxylic acids is 1. The lowest BCUT2D eigenvalue weighted by Gasteiger charge is -2.41. The van der Waals surface area contributed by atoms with Gasteiger partial charge < -0.3 is 26.2 Å². The van der Waals surface area contributed by atoms with Crippen molar-refractivity contribution in [3.05, 3.63) is 28.8 Å². The molecule has 2 amide bonds. The number of imidazole rings is 1. The largest absolute Gasteiger partial charge is 0.477 e. The first-order valence-corrected chi connectivity index (χ1v) is 8.39. The predicted molar refractivity (Wildman–Crippen MR) is 86.7 cm³/mol. The van der Waals surface area contributed by atoms with Gasteiger partial charge in [-0.05, 0) is 0 Å². The maximum Gasteiger partial charge on any atom is 0.353 e. The van der Waals surface area contributed by atoms with Crippen LogP contribution in [0.3, 0.4) is 0 Å². The summed E-state index contributed by atoms with van der Waals surface area (Å²) in [6.45, 7) is -0.380. The Morgan fingerprint density at radius 1 is 1.52 bits per heavy atom. The minimum Gasteiger partial charge on any atom is -0.477 e. The number of H-pyrrole nitrogens is 1. The summed E-state index contributed by atoms with van der Waals surface area (Å²) >= 11 is 1.16. The molecule has 0 saturated carbocycles. The van der Waals surface area contributed by atoms with Crippen molar-refractivity contribution in [3.63, 3.8) is 0 Å². The standard InChI is InChI=1S/C14H17N5O5S/c15-8(1-6-2-16-5-18-6)11(21)17-3-9-10(14(23)24)19-12(22)7(4-20)13(19)25-9/h2,5,7-8,13,20H,1,3-4,15H2,(H,16,18)(H,17,21)(H,23,24)/t7-,8?,13+/m0/s1. The van der Waals surface area contributed by atoms with E-state index in [4.69, 9.17) is 5.73 Å². The second-order valence-corrected chi connectivity index (χ2v) is 6.90. The number of hydrogen-bond donors (Lipinski definition) is 5. The van der Waals surface area contributed by atoms with Crippen molar-refractivity contribution in [2.24, 2.45) is 11.7 Å². The second-order valence-electron chi connectivity index (χ2n) is 5.69. The molecule has 0 spiro atoms. The van der Waals surface area contributed by atoms with E-state index in [1.165, 1.54) is 6.33 Å². The molecule has 0 bridgehead atoms. The lowest BCUT2D eigenvalue weighted by molar-refractivity contribution is -0.153. The molecule has 0 aliphatic carbocycles. The van der Waals surface area contributed by atoms with Crippen LogP contribution in [0.2, 0.25) is 0 Å². The number of aliphatic hydroxyl groups excluding tert-OH is 1. The van der Waals surface area contributed by atoms with Gasteiger partial charge in [0, 0.05) is 23.2 Å². The summed E-state index contributed by atoms with van der Waals surface area (Å²) in [7, 11) is 0. The van der Waals surface area contributed by atoms with Gasteiger partial charge >= 0.3 is 5.97 Å². The highest BCUT2D eigenvalue weighted by molar-refractivity contribution is 8.04. The Kier molecular flexibility index (Phi) is 4.79. The molecule has 3 heterocycles. The molecular weight excluding hydrogens is 350 g/mol. The monoisotopic (exact) mass is 367 g/mol. The average Bonchev–Trinajstić information content (AvgIpc) is 3.18. The van der Waals surface area contributed by atoms with Gasteiger partial charge in [0.25, 0.3) is 0 Å². The van der Waals surface area contributed by atoms with Gasteiger partial charge in [0.15, 0.2) is 0 Å². The minimum absolute atomic E-state index is 0.0414. The molecular formula is C14H17N5O5S. The summed E-state index contributed by atoms with van der Waals surface area (Å²) in [6, 6.07) is -0.815. The number of carbonyl (C=O) groups excluding carboxylic acids is 2. The third-order valence-corrected chi connectivity index (χ3v) is 5.48. The van der Waals surface area contributed by atoms with E-state index in [0.29, 0.717) is 10.6 Å². The first-order valence-electron chi connectivity index (χ1n) is 7.51. The molecule has 1 aromatic heterocycles. The number of carboxylic acid groups (broad SMARTS) is 1. The molecule has 1 aromatic rings. The fourth-order valence-corrected chi connectivity index (χ4v) is 4.20. The summed E-state index contributed by atoms with van der Waals surface area (Å²) < 4.78 is 0. The molecule has 1 unspecified atom stereocenters. The Morgan fingerprint density at radius 3 is 2.88 bits per heavy atom. The number of nitrogens with zero attached hydrogens (tertiary/aromatic N) is 2. The van der Waals surface area contributed by atoms with Gasteiger partial charge in [0.2, 0.25) is 11.8 Å². The first kappa shape index (κ1) is 17.5. The van der Waals surface area contributed by atoms with Crippen LogP contribution in [0.4, 0.5) is 0 Å². The second kappa shape index (κ2) is 6.86. The van der Waals surface area contributed by atoms with Crippen molar-refractivity contribution in [3.8, 4) is 0 Å². The van der Waals surface area contributed by atoms with E-state index in [-0.39, 0.29) is 25.3 Å². The fraction of sp³-hybridized carbons (Fsp3) is 0.429. The maximum absolute atomic E-state index is 12.1. The third kappa shape index (κ3) is 3.13. The Labute approximate surface area is 146 Å². The summed E-state index contributed by atoms with van der Waals surface area (Å²) in [5.41, 5.74) is 6.39. The van der Waals surface area contributed by atoms with E-state index >= 15 is 0 Å². The molecule has 134 valence electrons. The molecule has 3 atom stereocenters. The molecule has 3 rings (SSSR count). The Bertz CT molecular complexity index is 734. The van der Waals surface area contributed by atoms with Crippen LogP contribution in [-0.2, 0) is 20.8 Å². The maximum atomic E-state index is 12.1. The van der Waals surface area contributed by atoms with Crippen LogP contribution in [0.5, 0.6) is 0 Å². The Balaban J connectivity index is 1.63. The molecule has 2 aliphatic heterocycles. The van der Waals surface area contributed by atoms with Crippen molar-refractivity contribution in [1.29, 1.82) is 0 Å². The van der Waals surface area contributed by atoms with Gasteiger partial charge in [-0.1, -0.05) is 11.8 Å². The molecule has 1 fully saturated rings. The SMILES string of the molecule is NC(Cc1cnc[nH]1)C(=O)NCC1=C(C(=O)O)N2C(=O)[C@H](CO)[C@H]2S1. The molecule has 10 nitrogen and oxygen atoms in total. The highest BCUT2D eigenvalue weighted by Gasteiger charge is 2.55. The number of thioether (sulfide) groups is 1. The van der Waals surface area contributed by atoms with Crippen LogP contribution in [-0.4, -0.2) is 67.4 Å². The number of aromatic nitrogens is 2. The zero-order valence-electron chi connectivity index (χ0n) is 13.0. The number of nitrogens with two attached hydrogens (primary N) is 1. The minimum atomic E-state index is -1.24. The number of aromatic amines is 1. The van der Waals surface area contributed by atoms with Crippen molar-refractivity contribution in [2.45, 2.75) is 17.8 Å². The first-order chi connectivity index (χ1) is 11.9. The summed E-state index contributed by atoms with van der Waals surface area (Å²) in [4.78, 5) is 43.7. The van der Waals surface area contributed by atoms with E-state index in [0.717, 1.165) is 16.7 Å². The summed E-state index contributed by atoms with van der Waals surface area (Å²) in [6.07, 6.45) is 3.32. The van der Waals surface area contributed by atoms with Crippen LogP contribution in [0, 0.1) is 5.92 Å². The molecule has 0 radical (unpaired) electrons. The predicted octanol–water partition coefficient (Wildman–Crippen LogP) is -1.78. The number of aliphatic hydroxyl groups is 1. The molecule has 25 heavy (non-hydrogen) atoms. The number of carbonyl (C=O) groups is 3. The lowest BCUT2D eigenvalue weighted by atomic mass is 9.98. The molecule has 1 saturated heterocycles. The number of nitrogens with one attached hydrogen (secondary N) is 2. The van der Waals surface area contributed by atoms with Gasteiger partial charge in [-0.3, -0.25) is 14.5 Å². The van der Waals surface area contributed by atoms with E-state index in [2.05, 4.69) is 15.3 Å². The quantitative estimate of drug-likeness (QED) is 0.353. The highest BCUT2D eigenvalue weighted by atomic mass is 32.2. The number of amides is 2. The van der Waals surface area contributed by atoms with E-state index in [9.17, 15) is 24.6 Å². The number of fused-ring (bicyclic) bond motifs is 1. The van der Waals surface area contributed by atoms with Crippen molar-refractivity contribution in [1.82, 2.24) is 20.2 Å². The molecule has 2 aliphatic rings. The molecule has 0 aromatic carbocycles.